The van der Waals surface area contributed by atoms with Crippen LogP contribution in [-0.4, -0.2) is 10.7 Å². The van der Waals surface area contributed by atoms with Crippen molar-refractivity contribution in [3.8, 4) is 0 Å². The van der Waals surface area contributed by atoms with Gasteiger partial charge in [-0.15, -0.1) is 0 Å². The molecule has 0 saturated carbocycles. The van der Waals surface area contributed by atoms with E-state index in [4.69, 9.17) is 0 Å². The van der Waals surface area contributed by atoms with Crippen molar-refractivity contribution in [1.29, 1.82) is 0 Å². The predicted molar refractivity (Wildman–Crippen MR) is 50.8 cm³/mol. The first-order valence-electron chi connectivity index (χ1n) is 3.78. The summed E-state index contributed by atoms with van der Waals surface area (Å²) >= 11 is 1.40. The fraction of sp³-hybridized carbons (Fsp3) is 0.0909. The van der Waals surface area contributed by atoms with Crippen molar-refractivity contribution in [2.75, 3.05) is 0 Å². The van der Waals surface area contributed by atoms with Gasteiger partial charge in [0.05, 0.1) is 0 Å². The minimum atomic E-state index is 0.420. The second-order valence-electron chi connectivity index (χ2n) is 1.99. The topological polar surface area (TPSA) is 17.1 Å². The fourth-order valence-electron chi connectivity index (χ4n) is 0.514. The molecule has 0 heterocycles. The third kappa shape index (κ3) is 11.2. The van der Waals surface area contributed by atoms with E-state index in [2.05, 4.69) is 6.07 Å². The number of hydrogen-bond donors (Lipinski definition) is 0. The monoisotopic (exact) mass is 342 g/mol. The third-order valence-electron chi connectivity index (χ3n) is 1.02. The maximum atomic E-state index is 9.50. The van der Waals surface area contributed by atoms with Crippen molar-refractivity contribution in [3.05, 3.63) is 48.6 Å². The van der Waals surface area contributed by atoms with Gasteiger partial charge in [-0.2, -0.15) is 36.4 Å². The molecule has 1 rings (SSSR count). The number of benzene rings is 1. The second-order valence-corrected chi connectivity index (χ2v) is 2.97. The van der Waals surface area contributed by atoms with Crippen LogP contribution in [0.3, 0.4) is 0 Å². The van der Waals surface area contributed by atoms with E-state index in [9.17, 15) is 4.79 Å². The molecular weight excluding hydrogens is 332 g/mol. The van der Waals surface area contributed by atoms with E-state index >= 15 is 0 Å². The molecule has 0 amide bonds. The largest absolute Gasteiger partial charge is 0.184 e. The van der Waals surface area contributed by atoms with Gasteiger partial charge in [-0.05, 0) is 0 Å². The molecule has 0 N–H and O–H groups in total. The molecule has 1 nitrogen and oxygen atoms in total. The summed E-state index contributed by atoms with van der Waals surface area (Å²) in [6, 6.07) is 12.5. The maximum Gasteiger partial charge on any atom is -0.171 e. The number of rotatable bonds is 3. The zero-order valence-electron chi connectivity index (χ0n) is 7.14. The van der Waals surface area contributed by atoms with Gasteiger partial charge in [0.15, 0.2) is 0 Å². The van der Waals surface area contributed by atoms with E-state index in [1.165, 1.54) is 19.4 Å². The first-order chi connectivity index (χ1) is 6.41. The molecule has 0 unspecified atom stereocenters. The third-order valence-corrected chi connectivity index (χ3v) is 1.59. The van der Waals surface area contributed by atoms with E-state index < -0.39 is 0 Å². The standard InChI is InChI=1S/C6H5.C5H5O.W/c1-2-4-6-5-3-1;1-2-3-4-5-6;/h1-5H;1-3H,4H2;/q2*-1;/b;3-2-;. The molecule has 0 saturated heterocycles. The summed E-state index contributed by atoms with van der Waals surface area (Å²) < 4.78 is 1.96. The summed E-state index contributed by atoms with van der Waals surface area (Å²) in [7, 11) is 0. The SMILES string of the molecule is O=[C-]C/C=C\[CH]=[W].[c-]1ccccc1. The zero-order chi connectivity index (χ0) is 9.78. The Morgan fingerprint density at radius 1 is 1.31 bits per heavy atom. The van der Waals surface area contributed by atoms with Gasteiger partial charge in [0.25, 0.3) is 0 Å². The van der Waals surface area contributed by atoms with Crippen LogP contribution in [-0.2, 0) is 24.1 Å². The minimum Gasteiger partial charge on any atom is -0.184 e. The molecule has 0 bridgehead atoms. The molecule has 0 aliphatic rings. The van der Waals surface area contributed by atoms with Crippen LogP contribution in [0.4, 0.5) is 0 Å². The maximum absolute atomic E-state index is 9.50. The average molecular weight is 342 g/mol. The fourth-order valence-corrected chi connectivity index (χ4v) is 0.913. The molecule has 13 heavy (non-hydrogen) atoms. The summed E-state index contributed by atoms with van der Waals surface area (Å²) in [6.45, 7) is 0. The molecule has 0 aliphatic heterocycles. The van der Waals surface area contributed by atoms with Crippen LogP contribution in [0, 0.1) is 6.07 Å². The minimum absolute atomic E-state index is 0.420. The van der Waals surface area contributed by atoms with E-state index in [-0.39, 0.29) is 0 Å². The molecule has 68 valence electrons. The number of carbonyl (C=O) groups excluding carboxylic acids is 1. The summed E-state index contributed by atoms with van der Waals surface area (Å²) in [5.41, 5.74) is 0. The summed E-state index contributed by atoms with van der Waals surface area (Å²) in [6.07, 6.45) is 5.81. The van der Waals surface area contributed by atoms with Gasteiger partial charge in [-0.3, -0.25) is 0 Å². The van der Waals surface area contributed by atoms with Gasteiger partial charge in [0.1, 0.15) is 0 Å². The molecule has 0 atom stereocenters. The summed E-state index contributed by atoms with van der Waals surface area (Å²) in [4.78, 5) is 9.50. The van der Waals surface area contributed by atoms with Crippen LogP contribution in [0.5, 0.6) is 0 Å². The molecule has 1 aromatic carbocycles. The smallest absolute Gasteiger partial charge is 0.171 e. The predicted octanol–water partition coefficient (Wildman–Crippen LogP) is 1.88. The Bertz CT molecular complexity index is 215. The summed E-state index contributed by atoms with van der Waals surface area (Å²) in [5, 5.41) is 0. The zero-order valence-corrected chi connectivity index (χ0v) is 10.1. The van der Waals surface area contributed by atoms with Gasteiger partial charge in [0.2, 0.25) is 0 Å². The van der Waals surface area contributed by atoms with Crippen molar-refractivity contribution in [2.24, 2.45) is 0 Å². The van der Waals surface area contributed by atoms with E-state index in [1.54, 1.807) is 12.4 Å². The van der Waals surface area contributed by atoms with Gasteiger partial charge in [-0.25, -0.2) is 0 Å². The van der Waals surface area contributed by atoms with Crippen LogP contribution in [0.15, 0.2) is 42.5 Å². The van der Waals surface area contributed by atoms with E-state index in [0.717, 1.165) is 0 Å². The summed E-state index contributed by atoms with van der Waals surface area (Å²) in [5.74, 6) is 0. The van der Waals surface area contributed by atoms with Gasteiger partial charge in [-0.1, -0.05) is 0 Å². The first-order valence-corrected chi connectivity index (χ1v) is 5.47. The molecule has 0 radical (unpaired) electrons. The van der Waals surface area contributed by atoms with Gasteiger partial charge < -0.3 is 0 Å². The second kappa shape index (κ2) is 11.2. The Morgan fingerprint density at radius 2 is 2.00 bits per heavy atom. The Labute approximate surface area is 89.9 Å². The quantitative estimate of drug-likeness (QED) is 0.767. The van der Waals surface area contributed by atoms with Crippen molar-refractivity contribution < 1.29 is 24.1 Å². The Morgan fingerprint density at radius 3 is 2.31 bits per heavy atom. The molecule has 2 heteroatoms. The molecule has 0 fully saturated rings. The van der Waals surface area contributed by atoms with Gasteiger partial charge in [0, 0.05) is 0 Å². The van der Waals surface area contributed by atoms with Crippen molar-refractivity contribution in [2.45, 2.75) is 6.42 Å². The number of hydrogen-bond acceptors (Lipinski definition) is 1. The Kier molecular flexibility index (Phi) is 10.5. The van der Waals surface area contributed by atoms with Crippen LogP contribution in [0.25, 0.3) is 0 Å². The molecule has 0 spiro atoms. The van der Waals surface area contributed by atoms with Crippen molar-refractivity contribution >= 4 is 10.7 Å². The van der Waals surface area contributed by atoms with E-state index in [1.807, 2.05) is 40.8 Å². The van der Waals surface area contributed by atoms with Gasteiger partial charge >= 0.3 is 53.4 Å². The van der Waals surface area contributed by atoms with E-state index in [0.29, 0.717) is 6.42 Å². The first kappa shape index (κ1) is 12.2. The van der Waals surface area contributed by atoms with Crippen molar-refractivity contribution in [1.82, 2.24) is 0 Å². The molecule has 1 aromatic rings. The average Bonchev–Trinajstić information content (AvgIpc) is 2.22. The normalized spacial score (nSPS) is 8.62. The Hall–Kier alpha value is -0.812. The van der Waals surface area contributed by atoms with Crippen LogP contribution in [0.2, 0.25) is 0 Å². The Balaban J connectivity index is 0.000000223. The molecule has 0 aliphatic carbocycles. The number of allylic oxidation sites excluding steroid dienone is 2. The molecule has 0 aromatic heterocycles. The van der Waals surface area contributed by atoms with Crippen LogP contribution >= 0.6 is 0 Å². The molecular formula is C11H10OW-2. The van der Waals surface area contributed by atoms with Crippen LogP contribution in [0.1, 0.15) is 6.42 Å². The van der Waals surface area contributed by atoms with Crippen molar-refractivity contribution in [3.63, 3.8) is 0 Å². The van der Waals surface area contributed by atoms with Crippen LogP contribution < -0.4 is 0 Å².